The molecule has 8 nitrogen and oxygen atoms in total. The molecule has 0 atom stereocenters. The van der Waals surface area contributed by atoms with Crippen LogP contribution in [-0.2, 0) is 11.2 Å². The molecule has 4 aromatic rings. The van der Waals surface area contributed by atoms with Crippen molar-refractivity contribution in [3.63, 3.8) is 0 Å². The standard InChI is InChI=1S/C29H30N4O4/c1-19(2)37-23-12-8-20(9-13-23)18-26(33-28(34)21-10-14-22(36-3)15-11-21)29(35)30-17-16-27-31-24-6-4-5-7-25(24)32-27/h4-15,18-19H,16-17H2,1-3H3,(H,30,35)(H,31,32)(H,33,34). The molecule has 4 rings (SSSR count). The van der Waals surface area contributed by atoms with Crippen molar-refractivity contribution >= 4 is 28.9 Å². The Balaban J connectivity index is 1.48. The molecule has 0 aliphatic carbocycles. The second-order valence-electron chi connectivity index (χ2n) is 8.68. The zero-order valence-corrected chi connectivity index (χ0v) is 21.1. The third-order valence-corrected chi connectivity index (χ3v) is 5.49. The van der Waals surface area contributed by atoms with Crippen LogP contribution in [0.1, 0.15) is 35.6 Å². The number of fused-ring (bicyclic) bond motifs is 1. The molecule has 3 N–H and O–H groups in total. The molecule has 0 saturated heterocycles. The largest absolute Gasteiger partial charge is 0.497 e. The van der Waals surface area contributed by atoms with Gasteiger partial charge >= 0.3 is 0 Å². The van der Waals surface area contributed by atoms with Gasteiger partial charge in [-0.1, -0.05) is 24.3 Å². The molecule has 0 aliphatic rings. The van der Waals surface area contributed by atoms with Crippen LogP contribution in [-0.4, -0.2) is 41.5 Å². The molecule has 1 heterocycles. The number of ether oxygens (including phenoxy) is 2. The number of nitrogens with zero attached hydrogens (tertiary/aromatic N) is 1. The fraction of sp³-hybridized carbons (Fsp3) is 0.207. The van der Waals surface area contributed by atoms with E-state index in [0.717, 1.165) is 28.2 Å². The van der Waals surface area contributed by atoms with Crippen molar-refractivity contribution in [1.82, 2.24) is 20.6 Å². The van der Waals surface area contributed by atoms with Crippen molar-refractivity contribution in [2.75, 3.05) is 13.7 Å². The molecular weight excluding hydrogens is 468 g/mol. The number of carbonyl (C=O) groups is 2. The first kappa shape index (κ1) is 25.5. The summed E-state index contributed by atoms with van der Waals surface area (Å²) in [6, 6.07) is 21.7. The van der Waals surface area contributed by atoms with Crippen LogP contribution < -0.4 is 20.1 Å². The maximum absolute atomic E-state index is 13.1. The summed E-state index contributed by atoms with van der Waals surface area (Å²) >= 11 is 0. The summed E-state index contributed by atoms with van der Waals surface area (Å²) in [5.74, 6) is 1.34. The van der Waals surface area contributed by atoms with E-state index in [1.807, 2.05) is 62.4 Å². The number of rotatable bonds is 10. The Hall–Kier alpha value is -4.59. The minimum Gasteiger partial charge on any atom is -0.497 e. The summed E-state index contributed by atoms with van der Waals surface area (Å²) in [6.07, 6.45) is 2.21. The number of methoxy groups -OCH3 is 1. The Morgan fingerprint density at radius 2 is 1.68 bits per heavy atom. The molecule has 1 aromatic heterocycles. The van der Waals surface area contributed by atoms with Gasteiger partial charge in [0.15, 0.2) is 0 Å². The van der Waals surface area contributed by atoms with Gasteiger partial charge in [0, 0.05) is 18.5 Å². The Bertz CT molecular complexity index is 1360. The van der Waals surface area contributed by atoms with Crippen LogP contribution in [0, 0.1) is 0 Å². The number of aromatic amines is 1. The number of H-pyrrole nitrogens is 1. The number of amides is 2. The van der Waals surface area contributed by atoms with Crippen molar-refractivity contribution in [3.8, 4) is 11.5 Å². The average molecular weight is 499 g/mol. The summed E-state index contributed by atoms with van der Waals surface area (Å²) in [4.78, 5) is 33.8. The Morgan fingerprint density at radius 1 is 0.973 bits per heavy atom. The fourth-order valence-corrected chi connectivity index (χ4v) is 3.69. The molecule has 3 aromatic carbocycles. The smallest absolute Gasteiger partial charge is 0.267 e. The minimum absolute atomic E-state index is 0.0540. The third-order valence-electron chi connectivity index (χ3n) is 5.49. The molecule has 0 unspecified atom stereocenters. The number of imidazole rings is 1. The lowest BCUT2D eigenvalue weighted by atomic mass is 10.1. The highest BCUT2D eigenvalue weighted by molar-refractivity contribution is 6.05. The Morgan fingerprint density at radius 3 is 2.35 bits per heavy atom. The van der Waals surface area contributed by atoms with Crippen LogP contribution in [0.3, 0.4) is 0 Å². The molecule has 190 valence electrons. The van der Waals surface area contributed by atoms with E-state index in [1.165, 1.54) is 0 Å². The monoisotopic (exact) mass is 498 g/mol. The first-order chi connectivity index (χ1) is 17.9. The number of para-hydroxylation sites is 2. The molecule has 0 fully saturated rings. The van der Waals surface area contributed by atoms with Gasteiger partial charge in [0.05, 0.1) is 24.2 Å². The number of nitrogens with one attached hydrogen (secondary N) is 3. The van der Waals surface area contributed by atoms with E-state index in [2.05, 4.69) is 20.6 Å². The van der Waals surface area contributed by atoms with Crippen LogP contribution in [0.5, 0.6) is 11.5 Å². The van der Waals surface area contributed by atoms with Crippen LogP contribution >= 0.6 is 0 Å². The van der Waals surface area contributed by atoms with Crippen LogP contribution in [0.4, 0.5) is 0 Å². The molecule has 0 aliphatic heterocycles. The minimum atomic E-state index is -0.402. The number of aromatic nitrogens is 2. The molecule has 0 bridgehead atoms. The molecule has 2 amide bonds. The molecule has 8 heteroatoms. The van der Waals surface area contributed by atoms with Gasteiger partial charge in [-0.2, -0.15) is 0 Å². The number of benzene rings is 3. The van der Waals surface area contributed by atoms with Crippen LogP contribution in [0.25, 0.3) is 17.1 Å². The van der Waals surface area contributed by atoms with E-state index < -0.39 is 11.8 Å². The highest BCUT2D eigenvalue weighted by Gasteiger charge is 2.15. The van der Waals surface area contributed by atoms with E-state index in [1.54, 1.807) is 37.5 Å². The zero-order chi connectivity index (χ0) is 26.2. The summed E-state index contributed by atoms with van der Waals surface area (Å²) in [5.41, 5.74) is 3.10. The zero-order valence-electron chi connectivity index (χ0n) is 21.1. The molecule has 0 radical (unpaired) electrons. The fourth-order valence-electron chi connectivity index (χ4n) is 3.69. The van der Waals surface area contributed by atoms with Gasteiger partial charge in [0.2, 0.25) is 0 Å². The molecule has 0 spiro atoms. The quantitative estimate of drug-likeness (QED) is 0.280. The maximum Gasteiger partial charge on any atom is 0.267 e. The summed E-state index contributed by atoms with van der Waals surface area (Å²) < 4.78 is 10.8. The van der Waals surface area contributed by atoms with Gasteiger partial charge in [-0.15, -0.1) is 0 Å². The lowest BCUT2D eigenvalue weighted by Gasteiger charge is -2.12. The highest BCUT2D eigenvalue weighted by atomic mass is 16.5. The maximum atomic E-state index is 13.1. The van der Waals surface area contributed by atoms with E-state index in [9.17, 15) is 9.59 Å². The third kappa shape index (κ3) is 6.98. The highest BCUT2D eigenvalue weighted by Crippen LogP contribution is 2.17. The average Bonchev–Trinajstić information content (AvgIpc) is 3.32. The van der Waals surface area contributed by atoms with Gasteiger partial charge in [-0.25, -0.2) is 4.98 Å². The Kier molecular flexibility index (Phi) is 8.20. The van der Waals surface area contributed by atoms with Gasteiger partial charge in [-0.3, -0.25) is 9.59 Å². The summed E-state index contributed by atoms with van der Waals surface area (Å²) in [5, 5.41) is 5.63. The summed E-state index contributed by atoms with van der Waals surface area (Å²) in [7, 11) is 1.56. The first-order valence-corrected chi connectivity index (χ1v) is 12.1. The van der Waals surface area contributed by atoms with Crippen molar-refractivity contribution in [2.45, 2.75) is 26.4 Å². The van der Waals surface area contributed by atoms with Crippen LogP contribution in [0.15, 0.2) is 78.5 Å². The van der Waals surface area contributed by atoms with Crippen molar-refractivity contribution < 1.29 is 19.1 Å². The second-order valence-corrected chi connectivity index (χ2v) is 8.68. The molecular formula is C29H30N4O4. The van der Waals surface area contributed by atoms with E-state index >= 15 is 0 Å². The van der Waals surface area contributed by atoms with E-state index in [-0.39, 0.29) is 11.8 Å². The predicted molar refractivity (Wildman–Crippen MR) is 143 cm³/mol. The van der Waals surface area contributed by atoms with Gasteiger partial charge in [0.25, 0.3) is 11.8 Å². The lowest BCUT2D eigenvalue weighted by Crippen LogP contribution is -2.35. The second kappa shape index (κ2) is 11.9. The molecule has 0 saturated carbocycles. The predicted octanol–water partition coefficient (Wildman–Crippen LogP) is 4.49. The van der Waals surface area contributed by atoms with Gasteiger partial charge in [0.1, 0.15) is 23.0 Å². The van der Waals surface area contributed by atoms with E-state index in [0.29, 0.717) is 24.3 Å². The number of carbonyl (C=O) groups excluding carboxylic acids is 2. The summed E-state index contributed by atoms with van der Waals surface area (Å²) in [6.45, 7) is 4.25. The number of hydrogen-bond acceptors (Lipinski definition) is 5. The van der Waals surface area contributed by atoms with Crippen molar-refractivity contribution in [2.24, 2.45) is 0 Å². The van der Waals surface area contributed by atoms with Gasteiger partial charge in [-0.05, 0) is 74.0 Å². The topological polar surface area (TPSA) is 105 Å². The molecule has 37 heavy (non-hydrogen) atoms. The SMILES string of the molecule is COc1ccc(C(=O)NC(=Cc2ccc(OC(C)C)cc2)C(=O)NCCc2nc3ccccc3[nH]2)cc1. The van der Waals surface area contributed by atoms with Crippen molar-refractivity contribution in [1.29, 1.82) is 0 Å². The lowest BCUT2D eigenvalue weighted by molar-refractivity contribution is -0.117. The normalized spacial score (nSPS) is 11.4. The number of hydrogen-bond donors (Lipinski definition) is 3. The Labute approximate surface area is 215 Å². The first-order valence-electron chi connectivity index (χ1n) is 12.1. The van der Waals surface area contributed by atoms with Gasteiger partial charge < -0.3 is 25.1 Å². The van der Waals surface area contributed by atoms with Crippen molar-refractivity contribution in [3.05, 3.63) is 95.4 Å². The van der Waals surface area contributed by atoms with E-state index in [4.69, 9.17) is 9.47 Å². The van der Waals surface area contributed by atoms with Crippen LogP contribution in [0.2, 0.25) is 0 Å².